The molecule has 0 radical (unpaired) electrons. The van der Waals surface area contributed by atoms with Crippen LogP contribution < -0.4 is 0 Å². The number of esters is 1. The van der Waals surface area contributed by atoms with Crippen LogP contribution in [0.4, 0.5) is 0 Å². The van der Waals surface area contributed by atoms with Crippen molar-refractivity contribution in [1.29, 1.82) is 0 Å². The van der Waals surface area contributed by atoms with Crippen molar-refractivity contribution >= 4 is 11.9 Å². The molecule has 5 heterocycles. The fourth-order valence-corrected chi connectivity index (χ4v) is 4.80. The minimum atomic E-state index is -0.911. The summed E-state index contributed by atoms with van der Waals surface area (Å²) < 4.78 is 12.6. The summed E-state index contributed by atoms with van der Waals surface area (Å²) in [4.78, 5) is 33.4. The summed E-state index contributed by atoms with van der Waals surface area (Å²) >= 11 is 0. The number of morpholine rings is 1. The number of carbonyl (C=O) groups excluding carboxylic acids is 2. The minimum Gasteiger partial charge on any atom is -0.456 e. The number of aromatic nitrogens is 5. The summed E-state index contributed by atoms with van der Waals surface area (Å²) in [6.07, 6.45) is 4.23. The normalized spacial score (nSPS) is 25.1. The van der Waals surface area contributed by atoms with Crippen molar-refractivity contribution in [2.75, 3.05) is 39.4 Å². The Morgan fingerprint density at radius 2 is 2.09 bits per heavy atom. The molecule has 0 bridgehead atoms. The number of aliphatic hydroxyl groups is 1. The highest BCUT2D eigenvalue weighted by molar-refractivity contribution is 5.94. The van der Waals surface area contributed by atoms with E-state index in [-0.39, 0.29) is 18.5 Å². The van der Waals surface area contributed by atoms with E-state index in [2.05, 4.69) is 25.4 Å². The molecule has 1 amide bonds. The largest absolute Gasteiger partial charge is 0.456 e. The first kappa shape index (κ1) is 22.6. The van der Waals surface area contributed by atoms with Gasteiger partial charge in [0.25, 0.3) is 5.91 Å². The lowest BCUT2D eigenvalue weighted by Gasteiger charge is -2.41. The van der Waals surface area contributed by atoms with Crippen molar-refractivity contribution in [3.8, 4) is 5.82 Å². The highest BCUT2D eigenvalue weighted by Crippen LogP contribution is 2.34. The number of likely N-dealkylation sites (tertiary alicyclic amines) is 1. The van der Waals surface area contributed by atoms with Crippen molar-refractivity contribution in [1.82, 2.24) is 35.0 Å². The molecule has 1 spiro atoms. The average Bonchev–Trinajstić information content (AvgIpc) is 3.45. The smallest absolute Gasteiger partial charge is 0.336 e. The second kappa shape index (κ2) is 9.20. The molecule has 1 unspecified atom stereocenters. The quantitative estimate of drug-likeness (QED) is 0.596. The third-order valence-electron chi connectivity index (χ3n) is 6.79. The zero-order valence-electron chi connectivity index (χ0n) is 19.0. The number of rotatable bonds is 5. The van der Waals surface area contributed by atoms with Gasteiger partial charge < -0.3 is 24.4 Å². The number of pyridine rings is 1. The third-order valence-corrected chi connectivity index (χ3v) is 6.79. The molecule has 0 saturated carbocycles. The van der Waals surface area contributed by atoms with Gasteiger partial charge >= 0.3 is 5.97 Å². The summed E-state index contributed by atoms with van der Waals surface area (Å²) in [5.74, 6) is 0.0935. The van der Waals surface area contributed by atoms with Gasteiger partial charge in [-0.2, -0.15) is 4.68 Å². The highest BCUT2D eigenvalue weighted by Gasteiger charge is 2.48. The number of hydrogen-bond donors (Lipinski definition) is 1. The van der Waals surface area contributed by atoms with E-state index in [1.807, 2.05) is 0 Å². The lowest BCUT2D eigenvalue weighted by Crippen LogP contribution is -2.56. The van der Waals surface area contributed by atoms with Gasteiger partial charge in [0.1, 0.15) is 18.5 Å². The number of nitrogens with zero attached hydrogens (tertiary/aromatic N) is 7. The molecule has 2 saturated heterocycles. The third kappa shape index (κ3) is 4.19. The van der Waals surface area contributed by atoms with Crippen LogP contribution in [0.2, 0.25) is 0 Å². The standard InChI is InChI=1S/C22H27N7O5/c1-15-17(13-33-20(15)31)28-9-10-34-22(21(28)32)5-2-7-27(8-6-22)12-18(30)16-3-4-19(23-11-16)29-14-24-25-26-29/h3-4,11,14,18,30H,2,5-10,12-13H2,1H3/t18-,22?/m1/s1. The van der Waals surface area contributed by atoms with Crippen LogP contribution in [0, 0.1) is 0 Å². The van der Waals surface area contributed by atoms with E-state index < -0.39 is 11.7 Å². The molecule has 3 aliphatic heterocycles. The Morgan fingerprint density at radius 1 is 1.21 bits per heavy atom. The number of carbonyl (C=O) groups is 2. The predicted molar refractivity (Wildman–Crippen MR) is 116 cm³/mol. The molecule has 2 atom stereocenters. The van der Waals surface area contributed by atoms with E-state index >= 15 is 0 Å². The lowest BCUT2D eigenvalue weighted by molar-refractivity contribution is -0.171. The topological polar surface area (TPSA) is 136 Å². The molecular weight excluding hydrogens is 442 g/mol. The molecule has 3 aliphatic rings. The number of ether oxygens (including phenoxy) is 2. The summed E-state index contributed by atoms with van der Waals surface area (Å²) in [6, 6.07) is 3.56. The van der Waals surface area contributed by atoms with Crippen LogP contribution in [0.1, 0.15) is 37.9 Å². The number of aliphatic hydroxyl groups excluding tert-OH is 1. The van der Waals surface area contributed by atoms with Crippen LogP contribution in [0.15, 0.2) is 35.9 Å². The van der Waals surface area contributed by atoms with Gasteiger partial charge in [0, 0.05) is 31.4 Å². The van der Waals surface area contributed by atoms with Crippen molar-refractivity contribution in [2.24, 2.45) is 0 Å². The summed E-state index contributed by atoms with van der Waals surface area (Å²) in [6.45, 7) is 4.44. The second-order valence-corrected chi connectivity index (χ2v) is 8.82. The van der Waals surface area contributed by atoms with Gasteiger partial charge in [0.15, 0.2) is 5.82 Å². The van der Waals surface area contributed by atoms with Crippen molar-refractivity contribution in [2.45, 2.75) is 37.9 Å². The van der Waals surface area contributed by atoms with Crippen LogP contribution >= 0.6 is 0 Å². The Bertz CT molecular complexity index is 1090. The molecule has 2 fully saturated rings. The van der Waals surface area contributed by atoms with Crippen LogP contribution in [0.5, 0.6) is 0 Å². The van der Waals surface area contributed by atoms with E-state index in [0.29, 0.717) is 61.7 Å². The van der Waals surface area contributed by atoms with Gasteiger partial charge in [0.05, 0.1) is 24.0 Å². The molecule has 1 N–H and O–H groups in total. The van der Waals surface area contributed by atoms with E-state index in [1.165, 1.54) is 11.0 Å². The Balaban J connectivity index is 1.23. The number of amides is 1. The molecule has 12 heteroatoms. The summed E-state index contributed by atoms with van der Waals surface area (Å²) in [5.41, 5.74) is 0.918. The number of β-amino-alcohol motifs (C(OH)–C–C–N with tert-alkyl or cyclic N) is 1. The molecule has 12 nitrogen and oxygen atoms in total. The predicted octanol–water partition coefficient (Wildman–Crippen LogP) is 0.00500. The average molecular weight is 470 g/mol. The highest BCUT2D eigenvalue weighted by atomic mass is 16.5. The van der Waals surface area contributed by atoms with E-state index in [1.54, 1.807) is 30.2 Å². The first-order valence-corrected chi connectivity index (χ1v) is 11.4. The van der Waals surface area contributed by atoms with Gasteiger partial charge in [-0.15, -0.1) is 5.10 Å². The lowest BCUT2D eigenvalue weighted by atomic mass is 9.91. The molecule has 0 aromatic carbocycles. The first-order valence-electron chi connectivity index (χ1n) is 11.4. The molecule has 34 heavy (non-hydrogen) atoms. The zero-order chi connectivity index (χ0) is 23.7. The second-order valence-electron chi connectivity index (χ2n) is 8.82. The van der Waals surface area contributed by atoms with Gasteiger partial charge in [0.2, 0.25) is 0 Å². The molecule has 180 valence electrons. The molecule has 5 rings (SSSR count). The van der Waals surface area contributed by atoms with E-state index in [4.69, 9.17) is 9.47 Å². The molecule has 2 aromatic heterocycles. The monoisotopic (exact) mass is 469 g/mol. The van der Waals surface area contributed by atoms with Crippen LogP contribution in [0.3, 0.4) is 0 Å². The van der Waals surface area contributed by atoms with Crippen molar-refractivity contribution in [3.63, 3.8) is 0 Å². The molecule has 2 aromatic rings. The van der Waals surface area contributed by atoms with Gasteiger partial charge in [-0.3, -0.25) is 4.79 Å². The minimum absolute atomic E-state index is 0.101. The first-order chi connectivity index (χ1) is 16.5. The summed E-state index contributed by atoms with van der Waals surface area (Å²) in [7, 11) is 0. The Morgan fingerprint density at radius 3 is 2.79 bits per heavy atom. The molecular formula is C22H27N7O5. The van der Waals surface area contributed by atoms with Crippen molar-refractivity contribution < 1.29 is 24.2 Å². The fourth-order valence-electron chi connectivity index (χ4n) is 4.80. The Hall–Kier alpha value is -3.22. The van der Waals surface area contributed by atoms with E-state index in [9.17, 15) is 14.7 Å². The number of cyclic esters (lactones) is 1. The zero-order valence-corrected chi connectivity index (χ0v) is 19.0. The van der Waals surface area contributed by atoms with Crippen LogP contribution in [0.25, 0.3) is 5.82 Å². The SMILES string of the molecule is CC1=C(N2CCOC3(CCCN(C[C@@H](O)c4ccc(-n5cnnn5)nc4)CC3)C2=O)COC1=O. The maximum atomic E-state index is 13.5. The van der Waals surface area contributed by atoms with Gasteiger partial charge in [-0.05, 0) is 49.2 Å². The van der Waals surface area contributed by atoms with Crippen molar-refractivity contribution in [3.05, 3.63) is 41.5 Å². The Labute approximate surface area is 196 Å². The Kier molecular flexibility index (Phi) is 6.11. The van der Waals surface area contributed by atoms with Gasteiger partial charge in [-0.1, -0.05) is 6.07 Å². The number of hydrogen-bond acceptors (Lipinski definition) is 10. The fraction of sp³-hybridized carbons (Fsp3) is 0.545. The maximum absolute atomic E-state index is 13.5. The van der Waals surface area contributed by atoms with Gasteiger partial charge in [-0.25, -0.2) is 9.78 Å². The molecule has 0 aliphatic carbocycles. The maximum Gasteiger partial charge on any atom is 0.336 e. The number of tetrazole rings is 1. The van der Waals surface area contributed by atoms with Crippen LogP contribution in [-0.4, -0.2) is 97.0 Å². The summed E-state index contributed by atoms with van der Waals surface area (Å²) in [5, 5.41) is 21.8. The van der Waals surface area contributed by atoms with Crippen LogP contribution in [-0.2, 0) is 19.1 Å². The van der Waals surface area contributed by atoms with E-state index in [0.717, 1.165) is 13.0 Å².